The molecule has 0 atom stereocenters. The molecule has 2 rings (SSSR count). The van der Waals surface area contributed by atoms with Crippen molar-refractivity contribution >= 4 is 15.8 Å². The molecule has 0 saturated heterocycles. The minimum Gasteiger partial charge on any atom is -0.381 e. The number of H-pyrrole nitrogens is 1. The van der Waals surface area contributed by atoms with Gasteiger partial charge in [-0.15, -0.1) is 0 Å². The van der Waals surface area contributed by atoms with Crippen molar-refractivity contribution in [3.8, 4) is 0 Å². The maximum absolute atomic E-state index is 12.1. The highest BCUT2D eigenvalue weighted by Crippen LogP contribution is 2.16. The lowest BCUT2D eigenvalue weighted by Gasteiger charge is -2.05. The molecule has 2 heterocycles. The van der Waals surface area contributed by atoms with Gasteiger partial charge in [0, 0.05) is 25.0 Å². The number of nitrogen functional groups attached to an aromatic ring is 1. The van der Waals surface area contributed by atoms with E-state index in [-0.39, 0.29) is 10.7 Å². The number of nitrogens with zero attached hydrogens (tertiary/aromatic N) is 3. The summed E-state index contributed by atoms with van der Waals surface area (Å²) in [4.78, 5) is 0.0313. The highest BCUT2D eigenvalue weighted by molar-refractivity contribution is 7.89. The van der Waals surface area contributed by atoms with Crippen LogP contribution in [0.1, 0.15) is 24.6 Å². The molecule has 0 spiro atoms. The lowest BCUT2D eigenvalue weighted by Crippen LogP contribution is -2.25. The van der Waals surface area contributed by atoms with Gasteiger partial charge in [0.15, 0.2) is 5.82 Å². The molecule has 0 radical (unpaired) electrons. The van der Waals surface area contributed by atoms with E-state index >= 15 is 0 Å². The van der Waals surface area contributed by atoms with Crippen LogP contribution in [0.15, 0.2) is 17.3 Å². The molecular weight excluding hydrogens is 292 g/mol. The average molecular weight is 312 g/mol. The molecule has 9 heteroatoms. The van der Waals surface area contributed by atoms with Crippen molar-refractivity contribution in [1.82, 2.24) is 24.7 Å². The topological polar surface area (TPSA) is 119 Å². The van der Waals surface area contributed by atoms with Crippen LogP contribution < -0.4 is 10.5 Å². The Balaban J connectivity index is 1.92. The molecule has 2 aromatic rings. The van der Waals surface area contributed by atoms with E-state index in [1.54, 1.807) is 6.20 Å². The second-order valence-electron chi connectivity index (χ2n) is 4.76. The van der Waals surface area contributed by atoms with E-state index in [4.69, 9.17) is 5.73 Å². The largest absolute Gasteiger partial charge is 0.381 e. The summed E-state index contributed by atoms with van der Waals surface area (Å²) in [7, 11) is -3.61. The van der Waals surface area contributed by atoms with Gasteiger partial charge >= 0.3 is 0 Å². The second-order valence-corrected chi connectivity index (χ2v) is 6.49. The first-order valence-electron chi connectivity index (χ1n) is 6.75. The maximum Gasteiger partial charge on any atom is 0.245 e. The van der Waals surface area contributed by atoms with Crippen molar-refractivity contribution in [3.05, 3.63) is 23.7 Å². The Labute approximate surface area is 123 Å². The van der Waals surface area contributed by atoms with E-state index < -0.39 is 10.0 Å². The zero-order valence-corrected chi connectivity index (χ0v) is 12.9. The predicted molar refractivity (Wildman–Crippen MR) is 79.1 cm³/mol. The summed E-state index contributed by atoms with van der Waals surface area (Å²) in [6, 6.07) is 0. The molecule has 0 aromatic carbocycles. The summed E-state index contributed by atoms with van der Waals surface area (Å²) in [5, 5.41) is 10.7. The third-order valence-electron chi connectivity index (χ3n) is 3.22. The number of aromatic amines is 1. The minimum atomic E-state index is -3.61. The predicted octanol–water partition coefficient (Wildman–Crippen LogP) is 0.428. The lowest BCUT2D eigenvalue weighted by molar-refractivity contribution is 0.578. The Morgan fingerprint density at radius 3 is 2.81 bits per heavy atom. The molecule has 0 unspecified atom stereocenters. The molecular formula is C12H20N6O2S. The van der Waals surface area contributed by atoms with E-state index in [1.165, 1.54) is 10.9 Å². The Morgan fingerprint density at radius 2 is 2.24 bits per heavy atom. The van der Waals surface area contributed by atoms with Crippen LogP contribution in [-0.2, 0) is 23.0 Å². The lowest BCUT2D eigenvalue weighted by atomic mass is 10.1. The number of nitrogens with two attached hydrogens (primary N) is 1. The standard InChI is InChI=1S/C12H20N6O2S/c1-3-18-8-11(12(13)17-18)21(19,20)15-6-4-5-10-7-14-16-9(10)2/h7-8,15H,3-6H2,1-2H3,(H2,13,17)(H,14,16). The van der Waals surface area contributed by atoms with Gasteiger partial charge in [0.25, 0.3) is 0 Å². The number of sulfonamides is 1. The second kappa shape index (κ2) is 6.27. The van der Waals surface area contributed by atoms with Gasteiger partial charge in [0.1, 0.15) is 4.90 Å². The van der Waals surface area contributed by atoms with Gasteiger partial charge in [-0.3, -0.25) is 9.78 Å². The van der Waals surface area contributed by atoms with E-state index in [0.29, 0.717) is 19.5 Å². The smallest absolute Gasteiger partial charge is 0.245 e. The average Bonchev–Trinajstić information content (AvgIpc) is 3.01. The summed E-state index contributed by atoms with van der Waals surface area (Å²) in [6.07, 6.45) is 4.64. The third kappa shape index (κ3) is 3.61. The number of hydrogen-bond donors (Lipinski definition) is 3. The van der Waals surface area contributed by atoms with Crippen molar-refractivity contribution < 1.29 is 8.42 Å². The van der Waals surface area contributed by atoms with Crippen molar-refractivity contribution in [2.24, 2.45) is 0 Å². The van der Waals surface area contributed by atoms with E-state index in [0.717, 1.165) is 17.7 Å². The number of anilines is 1. The van der Waals surface area contributed by atoms with Crippen LogP contribution in [-0.4, -0.2) is 34.9 Å². The quantitative estimate of drug-likeness (QED) is 0.641. The maximum atomic E-state index is 12.1. The number of rotatable bonds is 7. The summed E-state index contributed by atoms with van der Waals surface area (Å²) in [5.41, 5.74) is 7.74. The fraction of sp³-hybridized carbons (Fsp3) is 0.500. The zero-order chi connectivity index (χ0) is 15.5. The van der Waals surface area contributed by atoms with Crippen LogP contribution in [0.2, 0.25) is 0 Å². The molecule has 0 amide bonds. The van der Waals surface area contributed by atoms with Crippen molar-refractivity contribution in [1.29, 1.82) is 0 Å². The molecule has 116 valence electrons. The molecule has 21 heavy (non-hydrogen) atoms. The minimum absolute atomic E-state index is 0.0232. The Morgan fingerprint density at radius 1 is 1.48 bits per heavy atom. The summed E-state index contributed by atoms with van der Waals surface area (Å²) in [5.74, 6) is 0.0232. The number of aryl methyl sites for hydroxylation is 3. The highest BCUT2D eigenvalue weighted by atomic mass is 32.2. The third-order valence-corrected chi connectivity index (χ3v) is 4.70. The number of nitrogens with one attached hydrogen (secondary N) is 2. The first-order valence-corrected chi connectivity index (χ1v) is 8.23. The van der Waals surface area contributed by atoms with Gasteiger partial charge in [-0.1, -0.05) is 0 Å². The Bertz CT molecular complexity index is 703. The molecule has 4 N–H and O–H groups in total. The summed E-state index contributed by atoms with van der Waals surface area (Å²) >= 11 is 0. The highest BCUT2D eigenvalue weighted by Gasteiger charge is 2.20. The number of aromatic nitrogens is 4. The monoisotopic (exact) mass is 312 g/mol. The first-order chi connectivity index (χ1) is 9.94. The molecule has 0 bridgehead atoms. The Hall–Kier alpha value is -1.87. The molecule has 0 saturated carbocycles. The molecule has 8 nitrogen and oxygen atoms in total. The van der Waals surface area contributed by atoms with Crippen molar-refractivity contribution in [2.45, 2.75) is 38.1 Å². The van der Waals surface area contributed by atoms with E-state index in [2.05, 4.69) is 20.0 Å². The van der Waals surface area contributed by atoms with Gasteiger partial charge in [-0.25, -0.2) is 13.1 Å². The van der Waals surface area contributed by atoms with Crippen molar-refractivity contribution in [3.63, 3.8) is 0 Å². The van der Waals surface area contributed by atoms with Gasteiger partial charge < -0.3 is 5.73 Å². The van der Waals surface area contributed by atoms with E-state index in [9.17, 15) is 8.42 Å². The van der Waals surface area contributed by atoms with Crippen LogP contribution in [0.5, 0.6) is 0 Å². The van der Waals surface area contributed by atoms with Gasteiger partial charge in [0.2, 0.25) is 10.0 Å². The van der Waals surface area contributed by atoms with E-state index in [1.807, 2.05) is 13.8 Å². The fourth-order valence-corrected chi connectivity index (χ4v) is 3.12. The van der Waals surface area contributed by atoms with Gasteiger partial charge in [-0.05, 0) is 32.3 Å². The normalized spacial score (nSPS) is 11.9. The van der Waals surface area contributed by atoms with Crippen LogP contribution in [0.3, 0.4) is 0 Å². The molecule has 0 aliphatic carbocycles. The number of hydrogen-bond acceptors (Lipinski definition) is 5. The molecule has 0 aliphatic rings. The molecule has 0 fully saturated rings. The fourth-order valence-electron chi connectivity index (χ4n) is 1.98. The Kier molecular flexibility index (Phi) is 4.63. The van der Waals surface area contributed by atoms with Crippen LogP contribution >= 0.6 is 0 Å². The van der Waals surface area contributed by atoms with Crippen LogP contribution in [0.25, 0.3) is 0 Å². The van der Waals surface area contributed by atoms with Crippen LogP contribution in [0.4, 0.5) is 5.82 Å². The summed E-state index contributed by atoms with van der Waals surface area (Å²) < 4.78 is 28.3. The molecule has 2 aromatic heterocycles. The van der Waals surface area contributed by atoms with Crippen LogP contribution in [0, 0.1) is 6.92 Å². The molecule has 0 aliphatic heterocycles. The van der Waals surface area contributed by atoms with Crippen molar-refractivity contribution in [2.75, 3.05) is 12.3 Å². The van der Waals surface area contributed by atoms with Gasteiger partial charge in [0.05, 0.1) is 6.20 Å². The zero-order valence-electron chi connectivity index (χ0n) is 12.1. The van der Waals surface area contributed by atoms with Gasteiger partial charge in [-0.2, -0.15) is 10.2 Å². The first kappa shape index (κ1) is 15.5. The summed E-state index contributed by atoms with van der Waals surface area (Å²) in [6.45, 7) is 4.71. The SMILES string of the molecule is CCn1cc(S(=O)(=O)NCCCc2cn[nH]c2C)c(N)n1.